The molecular weight excluding hydrogens is 985 g/mol. The van der Waals surface area contributed by atoms with Gasteiger partial charge in [0.1, 0.15) is 23.3 Å². The number of carbonyl (C=O) groups excluding carboxylic acids is 4. The van der Waals surface area contributed by atoms with Crippen molar-refractivity contribution in [3.63, 3.8) is 0 Å². The van der Waals surface area contributed by atoms with E-state index in [2.05, 4.69) is 32.6 Å². The highest BCUT2D eigenvalue weighted by Crippen LogP contribution is 2.43. The first-order valence-corrected chi connectivity index (χ1v) is 29.4. The molecule has 0 aliphatic carbocycles. The van der Waals surface area contributed by atoms with Crippen molar-refractivity contribution in [2.24, 2.45) is 5.92 Å². The average molecular weight is 1060 g/mol. The average Bonchev–Trinajstić information content (AvgIpc) is 3.98. The van der Waals surface area contributed by atoms with Gasteiger partial charge in [0.2, 0.25) is 17.7 Å². The molecule has 2 atom stereocenters. The summed E-state index contributed by atoms with van der Waals surface area (Å²) in [7, 11) is 1.81. The van der Waals surface area contributed by atoms with E-state index in [1.807, 2.05) is 43.0 Å². The fraction of sp³-hybridized carbons (Fsp3) is 0.610. The lowest BCUT2D eigenvalue weighted by Gasteiger charge is -2.35. The lowest BCUT2D eigenvalue weighted by molar-refractivity contribution is -0.137. The number of rotatable bonds is 16. The Morgan fingerprint density at radius 2 is 1.61 bits per heavy atom. The van der Waals surface area contributed by atoms with Crippen LogP contribution in [0.3, 0.4) is 0 Å². The number of likely N-dealkylation sites (tertiary alicyclic amines) is 1. The Hall–Kier alpha value is -5.39. The Morgan fingerprint density at radius 1 is 0.868 bits per heavy atom. The normalized spacial score (nSPS) is 23.1. The number of halogens is 2. The summed E-state index contributed by atoms with van der Waals surface area (Å²) in [6, 6.07) is 7.94. The zero-order valence-electron chi connectivity index (χ0n) is 45.1. The van der Waals surface area contributed by atoms with Crippen LogP contribution in [0.25, 0.3) is 11.0 Å². The first-order chi connectivity index (χ1) is 36.7. The van der Waals surface area contributed by atoms with Crippen molar-refractivity contribution >= 4 is 51.8 Å². The fourth-order valence-corrected chi connectivity index (χ4v) is 13.3. The zero-order chi connectivity index (χ0) is 53.3. The zero-order valence-corrected chi connectivity index (χ0v) is 45.9. The maximum Gasteiger partial charge on any atom is 0.276 e. The third kappa shape index (κ3) is 13.1. The summed E-state index contributed by atoms with van der Waals surface area (Å²) in [6.07, 6.45) is 20.9. The van der Waals surface area contributed by atoms with Gasteiger partial charge in [-0.2, -0.15) is 0 Å². The number of hydrogen-bond donors (Lipinski definition) is 2. The van der Waals surface area contributed by atoms with Crippen LogP contribution >= 0.6 is 11.3 Å². The molecule has 14 nitrogen and oxygen atoms in total. The highest BCUT2D eigenvalue weighted by Gasteiger charge is 2.43. The van der Waals surface area contributed by atoms with E-state index in [1.165, 1.54) is 43.4 Å². The highest BCUT2D eigenvalue weighted by molar-refractivity contribution is 7.10. The summed E-state index contributed by atoms with van der Waals surface area (Å²) >= 11 is 1.48. The number of fused-ring (bicyclic) bond motifs is 9. The number of alkyl halides is 2. The highest BCUT2D eigenvalue weighted by atomic mass is 32.1. The van der Waals surface area contributed by atoms with Crippen molar-refractivity contribution in [2.75, 3.05) is 51.6 Å². The number of anilines is 1. The van der Waals surface area contributed by atoms with E-state index < -0.39 is 23.8 Å². The number of unbranched alkanes of at least 4 members (excludes halogenated alkanes) is 8. The van der Waals surface area contributed by atoms with Crippen LogP contribution in [0.15, 0.2) is 52.7 Å². The quantitative estimate of drug-likeness (QED) is 0.0630. The molecule has 4 aromatic rings. The number of pyridine rings is 1. The largest absolute Gasteiger partial charge is 0.363 e. The minimum Gasteiger partial charge on any atom is -0.363 e. The van der Waals surface area contributed by atoms with Gasteiger partial charge in [0.15, 0.2) is 0 Å². The van der Waals surface area contributed by atoms with Gasteiger partial charge in [-0.3, -0.25) is 38.8 Å². The summed E-state index contributed by atoms with van der Waals surface area (Å²) < 4.78 is 34.2. The summed E-state index contributed by atoms with van der Waals surface area (Å²) in [4.78, 5) is 83.7. The van der Waals surface area contributed by atoms with Gasteiger partial charge in [-0.15, -0.1) is 11.3 Å². The van der Waals surface area contributed by atoms with Crippen LogP contribution in [-0.4, -0.2) is 110 Å². The standard InChI is InChI=1S/C59H79F2N9O5S/c1-40-43-19-18-20-45(35-43)59(60,61)44-26-33-68(34-27-44)29-16-12-9-13-17-30-69-55-47(54(62-40)63-41(2)64-55)36-46(57(69)74)42-24-31-67(32-25-42)28-15-11-8-6-4-5-7-10-14-21-53(72)66(3)38-51-48-37-70(58(75)49(48)39-76-51)50-22-23-52(71)65-56(50)73/h12,16,18-20,35-36,39-40,42,44,50H,4-11,13-15,17,21-34,37-38H2,1-3H3,(H,62,63,64)(H,65,71,73)/b16-12+/t40-,50?/m1/s1. The maximum absolute atomic E-state index is 16.1. The third-order valence-corrected chi connectivity index (χ3v) is 17.9. The van der Waals surface area contributed by atoms with Gasteiger partial charge in [-0.25, -0.2) is 18.7 Å². The Labute approximate surface area is 451 Å². The predicted molar refractivity (Wildman–Crippen MR) is 294 cm³/mol. The SMILES string of the molecule is Cc1nc2c3cc(C4CCN(CCCCCCCCCCCC(=O)N(C)Cc5scc6c5CN(C5CCC(=O)NC5=O)C6=O)CC4)c(=O)n(c3n1)CCCC/C=C/CN1CCC(CC1)C(F)(F)c1cccc(c1)[C@@H](C)N2. The van der Waals surface area contributed by atoms with Gasteiger partial charge in [-0.05, 0) is 140 Å². The molecule has 76 heavy (non-hydrogen) atoms. The van der Waals surface area contributed by atoms with Crippen LogP contribution < -0.4 is 16.2 Å². The van der Waals surface area contributed by atoms with Gasteiger partial charge in [0, 0.05) is 72.9 Å². The molecule has 2 N–H and O–H groups in total. The lowest BCUT2D eigenvalue weighted by atomic mass is 9.85. The van der Waals surface area contributed by atoms with Gasteiger partial charge in [0.05, 0.1) is 17.5 Å². The summed E-state index contributed by atoms with van der Waals surface area (Å²) in [5.41, 5.74) is 3.79. The Morgan fingerprint density at radius 3 is 2.36 bits per heavy atom. The Balaban J connectivity index is 0.711. The molecule has 3 aromatic heterocycles. The Bertz CT molecular complexity index is 2800. The van der Waals surface area contributed by atoms with Crippen molar-refractivity contribution < 1.29 is 28.0 Å². The molecule has 1 aromatic carbocycles. The van der Waals surface area contributed by atoms with Gasteiger partial charge >= 0.3 is 0 Å². The number of aryl methyl sites for hydroxylation is 2. The molecule has 0 saturated carbocycles. The van der Waals surface area contributed by atoms with Crippen LogP contribution in [-0.2, 0) is 39.9 Å². The number of hydrogen-bond acceptors (Lipinski definition) is 11. The van der Waals surface area contributed by atoms with E-state index in [1.54, 1.807) is 28.0 Å². The number of imide groups is 1. The third-order valence-electron chi connectivity index (χ3n) is 16.9. The Kier molecular flexibility index (Phi) is 18.5. The second-order valence-electron chi connectivity index (χ2n) is 22.3. The maximum atomic E-state index is 16.1. The molecule has 17 heteroatoms. The number of nitrogens with zero attached hydrogens (tertiary/aromatic N) is 7. The van der Waals surface area contributed by atoms with Crippen LogP contribution in [0.5, 0.6) is 0 Å². The number of piperidine rings is 3. The van der Waals surface area contributed by atoms with Crippen LogP contribution in [0.1, 0.15) is 184 Å². The van der Waals surface area contributed by atoms with E-state index in [0.717, 1.165) is 111 Å². The fourth-order valence-electron chi connectivity index (χ4n) is 12.2. The van der Waals surface area contributed by atoms with Crippen molar-refractivity contribution in [1.82, 2.24) is 39.5 Å². The van der Waals surface area contributed by atoms with E-state index in [0.29, 0.717) is 81.3 Å². The molecule has 0 radical (unpaired) electrons. The molecular formula is C59H79F2N9O5S. The van der Waals surface area contributed by atoms with Crippen molar-refractivity contribution in [1.29, 1.82) is 0 Å². The van der Waals surface area contributed by atoms with E-state index in [9.17, 15) is 24.0 Å². The van der Waals surface area contributed by atoms with Crippen molar-refractivity contribution in [3.05, 3.63) is 96.7 Å². The molecule has 6 aliphatic rings. The molecule has 6 aliphatic heterocycles. The first-order valence-electron chi connectivity index (χ1n) is 28.5. The van der Waals surface area contributed by atoms with E-state index in [4.69, 9.17) is 9.97 Å². The van der Waals surface area contributed by atoms with Crippen LogP contribution in [0, 0.1) is 12.8 Å². The predicted octanol–water partition coefficient (Wildman–Crippen LogP) is 10.4. The summed E-state index contributed by atoms with van der Waals surface area (Å²) in [6.45, 7) is 10.2. The smallest absolute Gasteiger partial charge is 0.276 e. The molecule has 410 valence electrons. The topological polar surface area (TPSA) is 153 Å². The number of allylic oxidation sites excluding steroid dienone is 1. The second kappa shape index (κ2) is 25.4. The molecule has 8 bridgehead atoms. The molecule has 4 amide bonds. The molecule has 3 saturated heterocycles. The number of amides is 4. The minimum atomic E-state index is -2.93. The van der Waals surface area contributed by atoms with E-state index in [-0.39, 0.29) is 47.2 Å². The van der Waals surface area contributed by atoms with Crippen molar-refractivity contribution in [2.45, 2.75) is 179 Å². The minimum absolute atomic E-state index is 0.0356. The van der Waals surface area contributed by atoms with E-state index >= 15 is 8.78 Å². The summed E-state index contributed by atoms with van der Waals surface area (Å²) in [5.74, 6) is -3.15. The molecule has 1 unspecified atom stereocenters. The number of carbonyl (C=O) groups is 4. The first kappa shape index (κ1) is 55.4. The van der Waals surface area contributed by atoms with Crippen LogP contribution in [0.2, 0.25) is 0 Å². The lowest BCUT2D eigenvalue weighted by Crippen LogP contribution is -2.52. The van der Waals surface area contributed by atoms with Gasteiger partial charge < -0.3 is 20.0 Å². The number of thiophene rings is 1. The molecule has 3 fully saturated rings. The van der Waals surface area contributed by atoms with Crippen LogP contribution in [0.4, 0.5) is 14.6 Å². The number of nitrogens with one attached hydrogen (secondary N) is 2. The molecule has 0 spiro atoms. The second-order valence-corrected chi connectivity index (χ2v) is 23.3. The number of benzene rings is 1. The monoisotopic (exact) mass is 1060 g/mol. The van der Waals surface area contributed by atoms with Crippen molar-refractivity contribution in [3.8, 4) is 0 Å². The van der Waals surface area contributed by atoms with Gasteiger partial charge in [-0.1, -0.05) is 75.3 Å². The van der Waals surface area contributed by atoms with Gasteiger partial charge in [0.25, 0.3) is 17.4 Å². The summed E-state index contributed by atoms with van der Waals surface area (Å²) in [5, 5.41) is 8.56. The number of aromatic nitrogens is 3. The molecule has 10 rings (SSSR count). The molecule has 9 heterocycles.